The van der Waals surface area contributed by atoms with E-state index in [1.54, 1.807) is 24.3 Å². The van der Waals surface area contributed by atoms with E-state index >= 15 is 0 Å². The number of nitrogens with one attached hydrogen (secondary N) is 1. The average molecular weight is 312 g/mol. The Morgan fingerprint density at radius 3 is 2.05 bits per heavy atom. The van der Waals surface area contributed by atoms with Gasteiger partial charge in [0.05, 0.1) is 5.75 Å². The Bertz CT molecular complexity index is 711. The molecule has 2 aromatic rings. The second kappa shape index (κ2) is 6.19. The van der Waals surface area contributed by atoms with Crippen molar-refractivity contribution < 1.29 is 17.2 Å². The van der Waals surface area contributed by atoms with Crippen molar-refractivity contribution in [2.24, 2.45) is 5.14 Å². The minimum atomic E-state index is -3.56. The monoisotopic (exact) mass is 312 g/mol. The lowest BCUT2D eigenvalue weighted by Crippen LogP contribution is -2.14. The van der Waals surface area contributed by atoms with Gasteiger partial charge in [-0.3, -0.25) is 0 Å². The van der Waals surface area contributed by atoms with Crippen LogP contribution in [0.5, 0.6) is 0 Å². The highest BCUT2D eigenvalue weighted by molar-refractivity contribution is 7.88. The summed E-state index contributed by atoms with van der Waals surface area (Å²) in [6.45, 7) is 0.253. The first-order valence-electron chi connectivity index (χ1n) is 6.10. The number of sulfonamides is 1. The lowest BCUT2D eigenvalue weighted by Gasteiger charge is -2.08. The molecule has 0 spiro atoms. The fourth-order valence-electron chi connectivity index (χ4n) is 1.87. The van der Waals surface area contributed by atoms with Crippen molar-refractivity contribution in [2.75, 3.05) is 5.32 Å². The van der Waals surface area contributed by atoms with Gasteiger partial charge in [0.2, 0.25) is 10.0 Å². The van der Waals surface area contributed by atoms with Crippen LogP contribution in [0.25, 0.3) is 0 Å². The largest absolute Gasteiger partial charge is 0.381 e. The quantitative estimate of drug-likeness (QED) is 0.890. The zero-order valence-electron chi connectivity index (χ0n) is 11.0. The van der Waals surface area contributed by atoms with Gasteiger partial charge in [-0.1, -0.05) is 12.1 Å². The maximum atomic E-state index is 13.0. The molecule has 112 valence electrons. The molecular weight excluding hydrogens is 298 g/mol. The van der Waals surface area contributed by atoms with E-state index in [0.717, 1.165) is 6.07 Å². The summed E-state index contributed by atoms with van der Waals surface area (Å²) in [6, 6.07) is 9.90. The Kier molecular flexibility index (Phi) is 4.54. The molecule has 0 unspecified atom stereocenters. The van der Waals surface area contributed by atoms with Gasteiger partial charge in [-0.25, -0.2) is 22.3 Å². The van der Waals surface area contributed by atoms with E-state index in [1.165, 1.54) is 12.1 Å². The molecule has 7 heteroatoms. The van der Waals surface area contributed by atoms with Gasteiger partial charge in [0.15, 0.2) is 0 Å². The lowest BCUT2D eigenvalue weighted by molar-refractivity contribution is 0.580. The zero-order valence-corrected chi connectivity index (χ0v) is 11.8. The predicted octanol–water partition coefficient (Wildman–Crippen LogP) is 2.37. The fourth-order valence-corrected chi connectivity index (χ4v) is 2.53. The van der Waals surface area contributed by atoms with Crippen LogP contribution >= 0.6 is 0 Å². The van der Waals surface area contributed by atoms with Crippen LogP contribution in [0.3, 0.4) is 0 Å². The van der Waals surface area contributed by atoms with Crippen molar-refractivity contribution in [3.63, 3.8) is 0 Å². The van der Waals surface area contributed by atoms with Gasteiger partial charge >= 0.3 is 0 Å². The molecule has 21 heavy (non-hydrogen) atoms. The zero-order chi connectivity index (χ0) is 15.5. The number of hydrogen-bond acceptors (Lipinski definition) is 3. The topological polar surface area (TPSA) is 72.2 Å². The van der Waals surface area contributed by atoms with E-state index in [2.05, 4.69) is 5.32 Å². The van der Waals surface area contributed by atoms with E-state index in [0.29, 0.717) is 16.8 Å². The van der Waals surface area contributed by atoms with Gasteiger partial charge < -0.3 is 5.32 Å². The summed E-state index contributed by atoms with van der Waals surface area (Å²) in [5.74, 6) is -1.49. The maximum absolute atomic E-state index is 13.0. The number of primary sulfonamides is 1. The standard InChI is InChI=1S/C14H14F2N2O2S/c15-12-5-11(6-13(16)7-12)8-18-14-3-1-10(2-4-14)9-21(17,19)20/h1-7,18H,8-9H2,(H2,17,19,20). The molecule has 0 saturated heterocycles. The van der Waals surface area contributed by atoms with Gasteiger partial charge in [-0.15, -0.1) is 0 Å². The normalized spacial score (nSPS) is 11.4. The van der Waals surface area contributed by atoms with Gasteiger partial charge in [-0.05, 0) is 35.4 Å². The van der Waals surface area contributed by atoms with Crippen molar-refractivity contribution in [1.82, 2.24) is 0 Å². The van der Waals surface area contributed by atoms with E-state index in [1.807, 2.05) is 0 Å². The molecule has 0 aromatic heterocycles. The molecule has 0 heterocycles. The van der Waals surface area contributed by atoms with Crippen LogP contribution in [0.15, 0.2) is 42.5 Å². The first-order valence-corrected chi connectivity index (χ1v) is 7.82. The molecule has 0 aliphatic heterocycles. The van der Waals surface area contributed by atoms with Crippen molar-refractivity contribution in [3.05, 3.63) is 65.2 Å². The highest BCUT2D eigenvalue weighted by Crippen LogP contribution is 2.14. The number of rotatable bonds is 5. The van der Waals surface area contributed by atoms with Crippen molar-refractivity contribution in [3.8, 4) is 0 Å². The third-order valence-corrected chi connectivity index (χ3v) is 3.48. The van der Waals surface area contributed by atoms with E-state index in [-0.39, 0.29) is 12.3 Å². The molecular formula is C14H14F2N2O2S. The first kappa shape index (κ1) is 15.4. The SMILES string of the molecule is NS(=O)(=O)Cc1ccc(NCc2cc(F)cc(F)c2)cc1. The lowest BCUT2D eigenvalue weighted by atomic mass is 10.2. The molecule has 0 saturated carbocycles. The Hall–Kier alpha value is -1.99. The van der Waals surface area contributed by atoms with Gasteiger partial charge in [0, 0.05) is 18.3 Å². The summed E-state index contributed by atoms with van der Waals surface area (Å²) in [6.07, 6.45) is 0. The van der Waals surface area contributed by atoms with Crippen molar-refractivity contribution >= 4 is 15.7 Å². The summed E-state index contributed by atoms with van der Waals surface area (Å²) < 4.78 is 48.0. The van der Waals surface area contributed by atoms with Crippen LogP contribution in [0.4, 0.5) is 14.5 Å². The summed E-state index contributed by atoms with van der Waals surface area (Å²) in [4.78, 5) is 0. The Labute approximate surface area is 121 Å². The van der Waals surface area contributed by atoms with Crippen LogP contribution < -0.4 is 10.5 Å². The number of benzene rings is 2. The molecule has 3 N–H and O–H groups in total. The first-order chi connectivity index (χ1) is 9.82. The second-order valence-electron chi connectivity index (χ2n) is 4.64. The van der Waals surface area contributed by atoms with E-state index < -0.39 is 21.7 Å². The van der Waals surface area contributed by atoms with Crippen LogP contribution in [0.1, 0.15) is 11.1 Å². The summed E-state index contributed by atoms with van der Waals surface area (Å²) in [5.41, 5.74) is 1.75. The fraction of sp³-hybridized carbons (Fsp3) is 0.143. The Balaban J connectivity index is 2.00. The molecule has 0 atom stereocenters. The van der Waals surface area contributed by atoms with Gasteiger partial charge in [-0.2, -0.15) is 0 Å². The van der Waals surface area contributed by atoms with Crippen molar-refractivity contribution in [2.45, 2.75) is 12.3 Å². The summed E-state index contributed by atoms with van der Waals surface area (Å²) >= 11 is 0. The molecule has 0 fully saturated rings. The van der Waals surface area contributed by atoms with Gasteiger partial charge in [0.1, 0.15) is 11.6 Å². The Morgan fingerprint density at radius 1 is 0.952 bits per heavy atom. The minimum absolute atomic E-state index is 0.234. The van der Waals surface area contributed by atoms with Gasteiger partial charge in [0.25, 0.3) is 0 Å². The number of hydrogen-bond donors (Lipinski definition) is 2. The second-order valence-corrected chi connectivity index (χ2v) is 6.25. The summed E-state index contributed by atoms with van der Waals surface area (Å²) in [7, 11) is -3.56. The number of halogens is 2. The molecule has 2 rings (SSSR count). The van der Waals surface area contributed by atoms with E-state index in [4.69, 9.17) is 5.14 Å². The highest BCUT2D eigenvalue weighted by Gasteiger charge is 2.05. The Morgan fingerprint density at radius 2 is 1.52 bits per heavy atom. The van der Waals surface area contributed by atoms with Crippen molar-refractivity contribution in [1.29, 1.82) is 0 Å². The molecule has 0 aliphatic carbocycles. The van der Waals surface area contributed by atoms with Crippen LogP contribution in [0, 0.1) is 11.6 Å². The summed E-state index contributed by atoms with van der Waals surface area (Å²) in [5, 5.41) is 7.95. The predicted molar refractivity (Wildman–Crippen MR) is 76.9 cm³/mol. The molecule has 0 aliphatic rings. The molecule has 2 aromatic carbocycles. The minimum Gasteiger partial charge on any atom is -0.381 e. The maximum Gasteiger partial charge on any atom is 0.213 e. The third-order valence-electron chi connectivity index (χ3n) is 2.74. The molecule has 0 amide bonds. The average Bonchev–Trinajstić information content (AvgIpc) is 2.35. The number of nitrogens with two attached hydrogens (primary N) is 1. The third kappa shape index (κ3) is 5.13. The molecule has 0 bridgehead atoms. The van der Waals surface area contributed by atoms with Crippen LogP contribution in [-0.4, -0.2) is 8.42 Å². The van der Waals surface area contributed by atoms with Crippen LogP contribution in [-0.2, 0) is 22.3 Å². The smallest absolute Gasteiger partial charge is 0.213 e. The molecule has 0 radical (unpaired) electrons. The van der Waals surface area contributed by atoms with E-state index in [9.17, 15) is 17.2 Å². The number of anilines is 1. The molecule has 4 nitrogen and oxygen atoms in total. The highest BCUT2D eigenvalue weighted by atomic mass is 32.2. The van der Waals surface area contributed by atoms with Crippen LogP contribution in [0.2, 0.25) is 0 Å².